The van der Waals surface area contributed by atoms with Gasteiger partial charge in [0.15, 0.2) is 11.4 Å². The molecule has 0 aliphatic carbocycles. The van der Waals surface area contributed by atoms with Crippen LogP contribution < -0.4 is 5.32 Å². The lowest BCUT2D eigenvalue weighted by Gasteiger charge is -2.38. The highest BCUT2D eigenvalue weighted by molar-refractivity contribution is 7.15. The Morgan fingerprint density at radius 1 is 1.20 bits per heavy atom. The van der Waals surface area contributed by atoms with Crippen molar-refractivity contribution in [1.29, 1.82) is 0 Å². The number of aryl methyl sites for hydroxylation is 2. The first-order valence-corrected chi connectivity index (χ1v) is 8.61. The SMILES string of the molecule is Cc1nc(NCc2cn(CC3OC(O)C(O)C(O)C3O)nn2)sc1C. The van der Waals surface area contributed by atoms with E-state index in [1.54, 1.807) is 17.5 Å². The van der Waals surface area contributed by atoms with Crippen LogP contribution in [0.3, 0.4) is 0 Å². The zero-order chi connectivity index (χ0) is 18.1. The molecular weight excluding hydrogens is 350 g/mol. The molecule has 1 fully saturated rings. The molecule has 138 valence electrons. The van der Waals surface area contributed by atoms with E-state index in [2.05, 4.69) is 20.6 Å². The number of thiazole rings is 1. The van der Waals surface area contributed by atoms with E-state index in [1.807, 2.05) is 13.8 Å². The molecule has 3 rings (SSSR count). The fourth-order valence-electron chi connectivity index (χ4n) is 2.49. The predicted octanol–water partition coefficient (Wildman–Crippen LogP) is -1.24. The van der Waals surface area contributed by atoms with E-state index in [0.29, 0.717) is 12.2 Å². The number of aliphatic hydroxyl groups excluding tert-OH is 4. The fourth-order valence-corrected chi connectivity index (χ4v) is 3.30. The maximum Gasteiger partial charge on any atom is 0.184 e. The third-order valence-corrected chi connectivity index (χ3v) is 5.12. The summed E-state index contributed by atoms with van der Waals surface area (Å²) in [6.07, 6.45) is -5.20. The van der Waals surface area contributed by atoms with Crippen LogP contribution in [-0.4, -0.2) is 71.1 Å². The van der Waals surface area contributed by atoms with E-state index in [0.717, 1.165) is 15.7 Å². The molecule has 1 aliphatic rings. The summed E-state index contributed by atoms with van der Waals surface area (Å²) in [5, 5.41) is 50.6. The monoisotopic (exact) mass is 371 g/mol. The van der Waals surface area contributed by atoms with Crippen molar-refractivity contribution in [2.24, 2.45) is 0 Å². The Morgan fingerprint density at radius 3 is 2.64 bits per heavy atom. The molecule has 0 bridgehead atoms. The average molecular weight is 371 g/mol. The van der Waals surface area contributed by atoms with Crippen molar-refractivity contribution in [2.45, 2.75) is 57.6 Å². The fraction of sp³-hybridized carbons (Fsp3) is 0.643. The number of ether oxygens (including phenoxy) is 1. The zero-order valence-corrected chi connectivity index (χ0v) is 14.6. The van der Waals surface area contributed by atoms with Crippen molar-refractivity contribution in [3.05, 3.63) is 22.5 Å². The van der Waals surface area contributed by atoms with Crippen LogP contribution in [0.25, 0.3) is 0 Å². The van der Waals surface area contributed by atoms with Gasteiger partial charge in [0.25, 0.3) is 0 Å². The van der Waals surface area contributed by atoms with Gasteiger partial charge in [-0.1, -0.05) is 5.21 Å². The Morgan fingerprint density at radius 2 is 1.96 bits per heavy atom. The number of nitrogens with one attached hydrogen (secondary N) is 1. The van der Waals surface area contributed by atoms with Crippen LogP contribution in [0, 0.1) is 13.8 Å². The molecule has 0 amide bonds. The Labute approximate surface area is 147 Å². The van der Waals surface area contributed by atoms with Crippen molar-refractivity contribution in [1.82, 2.24) is 20.0 Å². The Hall–Kier alpha value is -1.63. The van der Waals surface area contributed by atoms with Gasteiger partial charge in [0.05, 0.1) is 25.0 Å². The summed E-state index contributed by atoms with van der Waals surface area (Å²) in [5.74, 6) is 0. The second-order valence-corrected chi connectivity index (χ2v) is 7.19. The van der Waals surface area contributed by atoms with Crippen molar-refractivity contribution in [3.63, 3.8) is 0 Å². The van der Waals surface area contributed by atoms with Crippen LogP contribution in [0.5, 0.6) is 0 Å². The largest absolute Gasteiger partial charge is 0.388 e. The Bertz CT molecular complexity index is 703. The number of hydrogen-bond donors (Lipinski definition) is 5. The molecule has 1 aliphatic heterocycles. The summed E-state index contributed by atoms with van der Waals surface area (Å²) in [6, 6.07) is 0. The van der Waals surface area contributed by atoms with Crippen molar-refractivity contribution >= 4 is 16.5 Å². The minimum absolute atomic E-state index is 0.0739. The van der Waals surface area contributed by atoms with Gasteiger partial charge in [-0.25, -0.2) is 9.67 Å². The van der Waals surface area contributed by atoms with E-state index < -0.39 is 30.7 Å². The lowest BCUT2D eigenvalue weighted by Crippen LogP contribution is -2.58. The second-order valence-electron chi connectivity index (χ2n) is 5.98. The maximum absolute atomic E-state index is 9.95. The molecule has 3 heterocycles. The summed E-state index contributed by atoms with van der Waals surface area (Å²) in [5.41, 5.74) is 1.65. The first-order chi connectivity index (χ1) is 11.8. The summed E-state index contributed by atoms with van der Waals surface area (Å²) in [7, 11) is 0. The topological polar surface area (TPSA) is 146 Å². The van der Waals surface area contributed by atoms with Crippen molar-refractivity contribution < 1.29 is 25.2 Å². The molecule has 0 aromatic carbocycles. The van der Waals surface area contributed by atoms with Crippen LogP contribution in [0.15, 0.2) is 6.20 Å². The summed E-state index contributed by atoms with van der Waals surface area (Å²) < 4.78 is 6.57. The molecule has 1 saturated heterocycles. The summed E-state index contributed by atoms with van der Waals surface area (Å²) in [6.45, 7) is 4.46. The van der Waals surface area contributed by atoms with Crippen LogP contribution in [0.1, 0.15) is 16.3 Å². The van der Waals surface area contributed by atoms with Gasteiger partial charge in [-0.15, -0.1) is 16.4 Å². The zero-order valence-electron chi connectivity index (χ0n) is 13.8. The van der Waals surface area contributed by atoms with Gasteiger partial charge < -0.3 is 30.5 Å². The number of anilines is 1. The predicted molar refractivity (Wildman–Crippen MR) is 87.8 cm³/mol. The summed E-state index contributed by atoms with van der Waals surface area (Å²) >= 11 is 1.56. The first kappa shape index (κ1) is 18.2. The molecule has 0 radical (unpaired) electrons. The molecule has 2 aromatic heterocycles. The average Bonchev–Trinajstić information content (AvgIpc) is 3.15. The van der Waals surface area contributed by atoms with Gasteiger partial charge in [-0.3, -0.25) is 0 Å². The third-order valence-electron chi connectivity index (χ3n) is 4.09. The van der Waals surface area contributed by atoms with E-state index in [-0.39, 0.29) is 6.54 Å². The maximum atomic E-state index is 9.95. The molecule has 5 unspecified atom stereocenters. The molecule has 0 spiro atoms. The molecule has 10 nitrogen and oxygen atoms in total. The van der Waals surface area contributed by atoms with Gasteiger partial charge in [0, 0.05) is 4.88 Å². The minimum atomic E-state index is -1.57. The van der Waals surface area contributed by atoms with Crippen LogP contribution in [-0.2, 0) is 17.8 Å². The number of hydrogen-bond acceptors (Lipinski definition) is 10. The number of rotatable bonds is 5. The van der Waals surface area contributed by atoms with E-state index >= 15 is 0 Å². The van der Waals surface area contributed by atoms with E-state index in [9.17, 15) is 20.4 Å². The first-order valence-electron chi connectivity index (χ1n) is 7.80. The second kappa shape index (κ2) is 7.32. The number of aromatic nitrogens is 4. The normalized spacial score (nSPS) is 29.8. The minimum Gasteiger partial charge on any atom is -0.388 e. The molecule has 5 N–H and O–H groups in total. The highest BCUT2D eigenvalue weighted by Crippen LogP contribution is 2.22. The van der Waals surface area contributed by atoms with Crippen LogP contribution >= 0.6 is 11.3 Å². The molecule has 25 heavy (non-hydrogen) atoms. The molecular formula is C14H21N5O5S. The van der Waals surface area contributed by atoms with Gasteiger partial charge in [-0.2, -0.15) is 0 Å². The van der Waals surface area contributed by atoms with Gasteiger partial charge >= 0.3 is 0 Å². The van der Waals surface area contributed by atoms with Gasteiger partial charge in [-0.05, 0) is 13.8 Å². The van der Waals surface area contributed by atoms with Crippen molar-refractivity contribution in [3.8, 4) is 0 Å². The number of nitrogens with zero attached hydrogens (tertiary/aromatic N) is 4. The van der Waals surface area contributed by atoms with Crippen LogP contribution in [0.4, 0.5) is 5.13 Å². The van der Waals surface area contributed by atoms with Gasteiger partial charge in [0.1, 0.15) is 30.1 Å². The lowest BCUT2D eigenvalue weighted by molar-refractivity contribution is -0.284. The molecule has 11 heteroatoms. The van der Waals surface area contributed by atoms with E-state index in [1.165, 1.54) is 4.68 Å². The Kier molecular flexibility index (Phi) is 5.32. The molecule has 5 atom stereocenters. The van der Waals surface area contributed by atoms with Crippen LogP contribution in [0.2, 0.25) is 0 Å². The van der Waals surface area contributed by atoms with Gasteiger partial charge in [0.2, 0.25) is 0 Å². The smallest absolute Gasteiger partial charge is 0.184 e. The standard InChI is InChI=1S/C14H21N5O5S/c1-6-7(2)25-14(16-6)15-3-8-4-19(18-17-8)5-9-10(20)11(21)12(22)13(23)24-9/h4,9-13,20-23H,3,5H2,1-2H3,(H,15,16). The highest BCUT2D eigenvalue weighted by atomic mass is 32.1. The quantitative estimate of drug-likeness (QED) is 0.436. The van der Waals surface area contributed by atoms with Crippen molar-refractivity contribution in [2.75, 3.05) is 5.32 Å². The Balaban J connectivity index is 1.58. The molecule has 2 aromatic rings. The summed E-state index contributed by atoms with van der Waals surface area (Å²) in [4.78, 5) is 5.53. The van der Waals surface area contributed by atoms with E-state index in [4.69, 9.17) is 4.74 Å². The number of aliphatic hydroxyl groups is 4. The highest BCUT2D eigenvalue weighted by Gasteiger charge is 2.43. The molecule has 0 saturated carbocycles. The lowest BCUT2D eigenvalue weighted by atomic mass is 9.99. The third kappa shape index (κ3) is 3.97.